The van der Waals surface area contributed by atoms with Crippen molar-refractivity contribution in [1.82, 2.24) is 14.7 Å². The summed E-state index contributed by atoms with van der Waals surface area (Å²) in [5, 5.41) is 6.42. The molecule has 2 heterocycles. The molecule has 130 valence electrons. The highest BCUT2D eigenvalue weighted by atomic mass is 35.5. The van der Waals surface area contributed by atoms with E-state index in [1.807, 2.05) is 48.0 Å². The standard InChI is InChI=1S/C18H19ClN4O2/c1-12-7-17(25-2)15(19)9-14(12)16-10-23-6-3-13(8-18(23)22-16)21-5-4-20-11-24/h3,6-11,21H,4-5H2,1-2H3,(H,20,24). The third-order valence-electron chi connectivity index (χ3n) is 3.92. The van der Waals surface area contributed by atoms with Gasteiger partial charge in [0.05, 0.1) is 17.8 Å². The first kappa shape index (κ1) is 17.1. The molecule has 3 aromatic rings. The van der Waals surface area contributed by atoms with Crippen LogP contribution in [0.4, 0.5) is 5.69 Å². The van der Waals surface area contributed by atoms with Gasteiger partial charge >= 0.3 is 0 Å². The van der Waals surface area contributed by atoms with Crippen LogP contribution in [0.15, 0.2) is 36.7 Å². The van der Waals surface area contributed by atoms with Gasteiger partial charge in [0.2, 0.25) is 6.41 Å². The average Bonchev–Trinajstić information content (AvgIpc) is 3.03. The summed E-state index contributed by atoms with van der Waals surface area (Å²) in [6.45, 7) is 3.22. The number of imidazole rings is 1. The Morgan fingerprint density at radius 2 is 2.16 bits per heavy atom. The zero-order valence-electron chi connectivity index (χ0n) is 14.0. The van der Waals surface area contributed by atoms with Crippen LogP contribution >= 0.6 is 11.6 Å². The zero-order chi connectivity index (χ0) is 17.8. The molecule has 0 bridgehead atoms. The molecule has 7 heteroatoms. The second-order valence-electron chi connectivity index (χ2n) is 5.61. The maximum Gasteiger partial charge on any atom is 0.207 e. The highest BCUT2D eigenvalue weighted by Crippen LogP contribution is 2.33. The van der Waals surface area contributed by atoms with E-state index in [0.29, 0.717) is 30.3 Å². The summed E-state index contributed by atoms with van der Waals surface area (Å²) in [6, 6.07) is 7.72. The average molecular weight is 359 g/mol. The van der Waals surface area contributed by atoms with Gasteiger partial charge in [-0.2, -0.15) is 0 Å². The molecule has 0 fully saturated rings. The van der Waals surface area contributed by atoms with E-state index in [4.69, 9.17) is 21.3 Å². The van der Waals surface area contributed by atoms with E-state index in [9.17, 15) is 4.79 Å². The lowest BCUT2D eigenvalue weighted by Crippen LogP contribution is -2.20. The number of nitrogens with one attached hydrogen (secondary N) is 2. The number of rotatable bonds is 7. The largest absolute Gasteiger partial charge is 0.495 e. The van der Waals surface area contributed by atoms with Gasteiger partial charge in [0, 0.05) is 42.8 Å². The van der Waals surface area contributed by atoms with E-state index in [1.54, 1.807) is 7.11 Å². The number of hydrogen-bond acceptors (Lipinski definition) is 4. The Morgan fingerprint density at radius 1 is 1.32 bits per heavy atom. The Labute approximate surface area is 150 Å². The van der Waals surface area contributed by atoms with Crippen molar-refractivity contribution in [3.05, 3.63) is 47.2 Å². The molecule has 2 N–H and O–H groups in total. The number of halogens is 1. The minimum absolute atomic E-state index is 0.560. The van der Waals surface area contributed by atoms with Gasteiger partial charge in [-0.05, 0) is 30.7 Å². The summed E-state index contributed by atoms with van der Waals surface area (Å²) in [7, 11) is 1.60. The van der Waals surface area contributed by atoms with Crippen molar-refractivity contribution in [3.63, 3.8) is 0 Å². The van der Waals surface area contributed by atoms with Gasteiger partial charge in [0.15, 0.2) is 0 Å². The number of anilines is 1. The minimum Gasteiger partial charge on any atom is -0.495 e. The van der Waals surface area contributed by atoms with E-state index in [2.05, 4.69) is 10.6 Å². The van der Waals surface area contributed by atoms with Gasteiger partial charge in [-0.3, -0.25) is 4.79 Å². The van der Waals surface area contributed by atoms with Crippen LogP contribution in [-0.4, -0.2) is 36.0 Å². The Hall–Kier alpha value is -2.73. The van der Waals surface area contributed by atoms with Crippen molar-refractivity contribution in [1.29, 1.82) is 0 Å². The molecule has 1 aromatic carbocycles. The number of amides is 1. The fraction of sp³-hybridized carbons (Fsp3) is 0.222. The summed E-state index contributed by atoms with van der Waals surface area (Å²) in [4.78, 5) is 14.9. The van der Waals surface area contributed by atoms with Crippen LogP contribution in [0, 0.1) is 6.92 Å². The molecule has 2 aromatic heterocycles. The lowest BCUT2D eigenvalue weighted by molar-refractivity contribution is -0.109. The Kier molecular flexibility index (Phi) is 5.09. The molecular formula is C18H19ClN4O2. The molecule has 0 atom stereocenters. The molecular weight excluding hydrogens is 340 g/mol. The van der Waals surface area contributed by atoms with Crippen LogP contribution < -0.4 is 15.4 Å². The van der Waals surface area contributed by atoms with Crippen LogP contribution in [-0.2, 0) is 4.79 Å². The second-order valence-corrected chi connectivity index (χ2v) is 6.01. The topological polar surface area (TPSA) is 67.7 Å². The number of aromatic nitrogens is 2. The predicted molar refractivity (Wildman–Crippen MR) is 99.5 cm³/mol. The normalized spacial score (nSPS) is 10.7. The number of pyridine rings is 1. The number of aryl methyl sites for hydroxylation is 1. The highest BCUT2D eigenvalue weighted by Gasteiger charge is 2.11. The molecule has 0 saturated carbocycles. The van der Waals surface area contributed by atoms with Crippen LogP contribution in [0.25, 0.3) is 16.9 Å². The van der Waals surface area contributed by atoms with Gasteiger partial charge in [-0.15, -0.1) is 0 Å². The number of benzene rings is 1. The van der Waals surface area contributed by atoms with Crippen LogP contribution in [0.5, 0.6) is 5.75 Å². The number of carbonyl (C=O) groups is 1. The second kappa shape index (κ2) is 7.44. The van der Waals surface area contributed by atoms with Gasteiger partial charge in [-0.1, -0.05) is 11.6 Å². The number of carbonyl (C=O) groups excluding carboxylic acids is 1. The van der Waals surface area contributed by atoms with E-state index >= 15 is 0 Å². The van der Waals surface area contributed by atoms with Gasteiger partial charge in [0.1, 0.15) is 11.4 Å². The third-order valence-corrected chi connectivity index (χ3v) is 4.21. The molecule has 0 aliphatic carbocycles. The molecule has 0 aliphatic heterocycles. The molecule has 0 spiro atoms. The minimum atomic E-state index is 0.560. The lowest BCUT2D eigenvalue weighted by Gasteiger charge is -2.08. The van der Waals surface area contributed by atoms with Crippen LogP contribution in [0.3, 0.4) is 0 Å². The molecule has 1 amide bonds. The molecule has 0 unspecified atom stereocenters. The summed E-state index contributed by atoms with van der Waals surface area (Å²) < 4.78 is 7.21. The van der Waals surface area contributed by atoms with Gasteiger partial charge in [0.25, 0.3) is 0 Å². The number of hydrogen-bond donors (Lipinski definition) is 2. The zero-order valence-corrected chi connectivity index (χ0v) is 14.8. The Morgan fingerprint density at radius 3 is 2.92 bits per heavy atom. The van der Waals surface area contributed by atoms with Crippen molar-refractivity contribution in [2.24, 2.45) is 0 Å². The summed E-state index contributed by atoms with van der Waals surface area (Å²) in [5.74, 6) is 0.655. The summed E-state index contributed by atoms with van der Waals surface area (Å²) in [6.07, 6.45) is 4.61. The van der Waals surface area contributed by atoms with Crippen molar-refractivity contribution in [3.8, 4) is 17.0 Å². The highest BCUT2D eigenvalue weighted by molar-refractivity contribution is 6.32. The van der Waals surface area contributed by atoms with Gasteiger partial charge in [-0.25, -0.2) is 4.98 Å². The number of nitrogens with zero attached hydrogens (tertiary/aromatic N) is 2. The Balaban J connectivity index is 1.88. The van der Waals surface area contributed by atoms with E-state index in [0.717, 1.165) is 28.2 Å². The van der Waals surface area contributed by atoms with Crippen molar-refractivity contribution in [2.45, 2.75) is 6.92 Å². The molecule has 0 saturated heterocycles. The molecule has 0 aliphatic rings. The summed E-state index contributed by atoms with van der Waals surface area (Å²) in [5.41, 5.74) is 4.64. The third kappa shape index (κ3) is 3.69. The molecule has 3 rings (SSSR count). The first-order chi connectivity index (χ1) is 12.1. The maximum absolute atomic E-state index is 10.3. The van der Waals surface area contributed by atoms with Crippen molar-refractivity contribution >= 4 is 29.3 Å². The van der Waals surface area contributed by atoms with Crippen LogP contribution in [0.1, 0.15) is 5.56 Å². The molecule has 6 nitrogen and oxygen atoms in total. The maximum atomic E-state index is 10.3. The number of methoxy groups -OCH3 is 1. The van der Waals surface area contributed by atoms with Crippen LogP contribution in [0.2, 0.25) is 5.02 Å². The van der Waals surface area contributed by atoms with Crippen molar-refractivity contribution in [2.75, 3.05) is 25.5 Å². The fourth-order valence-corrected chi connectivity index (χ4v) is 2.89. The smallest absolute Gasteiger partial charge is 0.207 e. The quantitative estimate of drug-likeness (QED) is 0.503. The van der Waals surface area contributed by atoms with E-state index in [1.165, 1.54) is 0 Å². The van der Waals surface area contributed by atoms with E-state index < -0.39 is 0 Å². The fourth-order valence-electron chi connectivity index (χ4n) is 2.65. The monoisotopic (exact) mass is 358 g/mol. The predicted octanol–water partition coefficient (Wildman–Crippen LogP) is 3.13. The van der Waals surface area contributed by atoms with Crippen molar-refractivity contribution < 1.29 is 9.53 Å². The number of fused-ring (bicyclic) bond motifs is 1. The molecule has 0 radical (unpaired) electrons. The van der Waals surface area contributed by atoms with Gasteiger partial charge < -0.3 is 19.8 Å². The van der Waals surface area contributed by atoms with E-state index in [-0.39, 0.29) is 0 Å². The Bertz CT molecular complexity index is 907. The SMILES string of the molecule is COc1cc(C)c(-c2cn3ccc(NCCNC=O)cc3n2)cc1Cl. The number of ether oxygens (including phenoxy) is 1. The molecule has 25 heavy (non-hydrogen) atoms. The summed E-state index contributed by atoms with van der Waals surface area (Å²) >= 11 is 6.26. The first-order valence-corrected chi connectivity index (χ1v) is 8.24. The first-order valence-electron chi connectivity index (χ1n) is 7.86. The lowest BCUT2D eigenvalue weighted by atomic mass is 10.1.